The summed E-state index contributed by atoms with van der Waals surface area (Å²) in [6.07, 6.45) is 7.19. The van der Waals surface area contributed by atoms with Gasteiger partial charge in [0.15, 0.2) is 0 Å². The first-order chi connectivity index (χ1) is 9.66. The van der Waals surface area contributed by atoms with Crippen molar-refractivity contribution in [2.45, 2.75) is 44.9 Å². The van der Waals surface area contributed by atoms with Crippen molar-refractivity contribution >= 4 is 11.8 Å². The quantitative estimate of drug-likeness (QED) is 0.826. The summed E-state index contributed by atoms with van der Waals surface area (Å²) in [6, 6.07) is 0. The third-order valence-electron chi connectivity index (χ3n) is 4.53. The van der Waals surface area contributed by atoms with Gasteiger partial charge in [0.1, 0.15) is 0 Å². The van der Waals surface area contributed by atoms with Gasteiger partial charge in [-0.05, 0) is 12.3 Å². The van der Waals surface area contributed by atoms with E-state index >= 15 is 0 Å². The van der Waals surface area contributed by atoms with Gasteiger partial charge in [-0.15, -0.1) is 0 Å². The van der Waals surface area contributed by atoms with Gasteiger partial charge < -0.3 is 15.4 Å². The Kier molecular flexibility index (Phi) is 5.83. The number of primary amides is 1. The van der Waals surface area contributed by atoms with Crippen LogP contribution in [0, 0.1) is 11.8 Å². The van der Waals surface area contributed by atoms with E-state index in [1.54, 1.807) is 4.90 Å². The highest BCUT2D eigenvalue weighted by atomic mass is 16.5. The predicted molar refractivity (Wildman–Crippen MR) is 75.9 cm³/mol. The minimum Gasteiger partial charge on any atom is -0.378 e. The summed E-state index contributed by atoms with van der Waals surface area (Å²) in [5.41, 5.74) is 5.50. The molecule has 0 spiro atoms. The van der Waals surface area contributed by atoms with Crippen LogP contribution in [-0.2, 0) is 14.3 Å². The van der Waals surface area contributed by atoms with Crippen molar-refractivity contribution in [3.8, 4) is 0 Å². The van der Waals surface area contributed by atoms with Gasteiger partial charge in [0.2, 0.25) is 11.8 Å². The predicted octanol–water partition coefficient (Wildman–Crippen LogP) is 1.31. The average Bonchev–Trinajstić information content (AvgIpc) is 2.48. The second kappa shape index (κ2) is 7.62. The zero-order valence-electron chi connectivity index (χ0n) is 12.2. The van der Waals surface area contributed by atoms with Gasteiger partial charge in [0.25, 0.3) is 0 Å². The minimum absolute atomic E-state index is 0.0490. The summed E-state index contributed by atoms with van der Waals surface area (Å²) in [7, 11) is 0. The van der Waals surface area contributed by atoms with E-state index in [-0.39, 0.29) is 24.2 Å². The number of carbonyl (C=O) groups excluding carboxylic acids is 2. The van der Waals surface area contributed by atoms with Crippen LogP contribution in [-0.4, -0.2) is 43.0 Å². The maximum absolute atomic E-state index is 12.2. The molecule has 0 aromatic rings. The Labute approximate surface area is 120 Å². The summed E-state index contributed by atoms with van der Waals surface area (Å²) >= 11 is 0. The van der Waals surface area contributed by atoms with Gasteiger partial charge in [0.05, 0.1) is 13.2 Å². The van der Waals surface area contributed by atoms with Crippen LogP contribution in [0.2, 0.25) is 0 Å². The number of nitrogens with two attached hydrogens (primary N) is 1. The lowest BCUT2D eigenvalue weighted by Crippen LogP contribution is -2.42. The second-order valence-electron chi connectivity index (χ2n) is 6.04. The smallest absolute Gasteiger partial charge is 0.223 e. The largest absolute Gasteiger partial charge is 0.378 e. The van der Waals surface area contributed by atoms with Crippen LogP contribution < -0.4 is 5.73 Å². The van der Waals surface area contributed by atoms with Gasteiger partial charge in [-0.2, -0.15) is 0 Å². The Morgan fingerprint density at radius 3 is 2.40 bits per heavy atom. The van der Waals surface area contributed by atoms with Crippen molar-refractivity contribution < 1.29 is 14.3 Å². The van der Waals surface area contributed by atoms with E-state index in [9.17, 15) is 9.59 Å². The Hall–Kier alpha value is -1.10. The van der Waals surface area contributed by atoms with E-state index in [0.717, 1.165) is 6.42 Å². The van der Waals surface area contributed by atoms with Crippen molar-refractivity contribution in [2.75, 3.05) is 26.3 Å². The molecule has 0 bridgehead atoms. The van der Waals surface area contributed by atoms with Gasteiger partial charge in [-0.25, -0.2) is 0 Å². The molecule has 1 unspecified atom stereocenters. The highest BCUT2D eigenvalue weighted by Gasteiger charge is 2.27. The zero-order valence-corrected chi connectivity index (χ0v) is 12.2. The van der Waals surface area contributed by atoms with Gasteiger partial charge in [0, 0.05) is 25.4 Å². The molecule has 1 atom stereocenters. The van der Waals surface area contributed by atoms with E-state index in [2.05, 4.69) is 0 Å². The van der Waals surface area contributed by atoms with Gasteiger partial charge >= 0.3 is 0 Å². The Balaban J connectivity index is 1.84. The fraction of sp³-hybridized carbons (Fsp3) is 0.867. The average molecular weight is 282 g/mol. The SMILES string of the molecule is NC(=O)C(CC(=O)N1CCOCC1)CC1CCCCC1. The van der Waals surface area contributed by atoms with Crippen LogP contribution in [0.1, 0.15) is 44.9 Å². The minimum atomic E-state index is -0.322. The fourth-order valence-corrected chi connectivity index (χ4v) is 3.28. The number of ether oxygens (including phenoxy) is 1. The molecular formula is C15H26N2O3. The lowest BCUT2D eigenvalue weighted by molar-refractivity contribution is -0.139. The molecule has 0 aromatic carbocycles. The first-order valence-electron chi connectivity index (χ1n) is 7.81. The maximum atomic E-state index is 12.2. The molecule has 2 N–H and O–H groups in total. The standard InChI is InChI=1S/C15H26N2O3/c16-15(19)13(10-12-4-2-1-3-5-12)11-14(18)17-6-8-20-9-7-17/h12-13H,1-11H2,(H2,16,19). The van der Waals surface area contributed by atoms with E-state index in [0.29, 0.717) is 32.2 Å². The molecule has 2 aliphatic rings. The van der Waals surface area contributed by atoms with Crippen molar-refractivity contribution in [3.05, 3.63) is 0 Å². The van der Waals surface area contributed by atoms with Crippen molar-refractivity contribution in [1.82, 2.24) is 4.90 Å². The van der Waals surface area contributed by atoms with E-state index in [4.69, 9.17) is 10.5 Å². The summed E-state index contributed by atoms with van der Waals surface area (Å²) < 4.78 is 5.24. The van der Waals surface area contributed by atoms with Crippen molar-refractivity contribution in [3.63, 3.8) is 0 Å². The molecule has 0 aromatic heterocycles. The molecule has 1 heterocycles. The molecule has 20 heavy (non-hydrogen) atoms. The van der Waals surface area contributed by atoms with E-state index in [1.807, 2.05) is 0 Å². The highest BCUT2D eigenvalue weighted by Crippen LogP contribution is 2.30. The Bertz CT molecular complexity index is 334. The maximum Gasteiger partial charge on any atom is 0.223 e. The lowest BCUT2D eigenvalue weighted by atomic mass is 9.81. The van der Waals surface area contributed by atoms with Crippen molar-refractivity contribution in [1.29, 1.82) is 0 Å². The zero-order chi connectivity index (χ0) is 14.4. The molecule has 0 radical (unpaired) electrons. The van der Waals surface area contributed by atoms with Crippen LogP contribution in [0.3, 0.4) is 0 Å². The van der Waals surface area contributed by atoms with Crippen LogP contribution in [0.4, 0.5) is 0 Å². The molecule has 2 fully saturated rings. The first-order valence-corrected chi connectivity index (χ1v) is 7.81. The van der Waals surface area contributed by atoms with Crippen LogP contribution >= 0.6 is 0 Å². The summed E-state index contributed by atoms with van der Waals surface area (Å²) in [6.45, 7) is 2.45. The van der Waals surface area contributed by atoms with Gasteiger partial charge in [-0.1, -0.05) is 32.1 Å². The highest BCUT2D eigenvalue weighted by molar-refractivity contribution is 5.84. The normalized spacial score (nSPS) is 22.5. The molecule has 1 aliphatic carbocycles. The number of nitrogens with zero attached hydrogens (tertiary/aromatic N) is 1. The lowest BCUT2D eigenvalue weighted by Gasteiger charge is -2.29. The molecule has 1 saturated carbocycles. The Morgan fingerprint density at radius 2 is 1.80 bits per heavy atom. The third-order valence-corrected chi connectivity index (χ3v) is 4.53. The number of hydrogen-bond donors (Lipinski definition) is 1. The number of rotatable bonds is 5. The monoisotopic (exact) mass is 282 g/mol. The molecule has 2 amide bonds. The van der Waals surface area contributed by atoms with Crippen LogP contribution in [0.5, 0.6) is 0 Å². The fourth-order valence-electron chi connectivity index (χ4n) is 3.28. The van der Waals surface area contributed by atoms with Crippen LogP contribution in [0.25, 0.3) is 0 Å². The molecule has 1 aliphatic heterocycles. The number of morpholine rings is 1. The van der Waals surface area contributed by atoms with Gasteiger partial charge in [-0.3, -0.25) is 9.59 Å². The van der Waals surface area contributed by atoms with Crippen molar-refractivity contribution in [2.24, 2.45) is 17.6 Å². The number of carbonyl (C=O) groups is 2. The molecule has 5 nitrogen and oxygen atoms in total. The topological polar surface area (TPSA) is 72.6 Å². The summed E-state index contributed by atoms with van der Waals surface area (Å²) in [5.74, 6) is -0.00252. The number of hydrogen-bond acceptors (Lipinski definition) is 3. The van der Waals surface area contributed by atoms with Crippen LogP contribution in [0.15, 0.2) is 0 Å². The molecule has 5 heteroatoms. The van der Waals surface area contributed by atoms with E-state index in [1.165, 1.54) is 32.1 Å². The molecular weight excluding hydrogens is 256 g/mol. The molecule has 2 rings (SSSR count). The summed E-state index contributed by atoms with van der Waals surface area (Å²) in [5, 5.41) is 0. The number of amides is 2. The van der Waals surface area contributed by atoms with E-state index < -0.39 is 0 Å². The third kappa shape index (κ3) is 4.47. The Morgan fingerprint density at radius 1 is 1.15 bits per heavy atom. The second-order valence-corrected chi connectivity index (χ2v) is 6.04. The molecule has 1 saturated heterocycles. The first kappa shape index (κ1) is 15.3. The molecule has 114 valence electrons. The summed E-state index contributed by atoms with van der Waals surface area (Å²) in [4.78, 5) is 25.6.